The van der Waals surface area contributed by atoms with Crippen molar-refractivity contribution in [3.05, 3.63) is 34.9 Å². The van der Waals surface area contributed by atoms with Crippen molar-refractivity contribution in [2.75, 3.05) is 0 Å². The molecule has 6 heteroatoms. The number of hydrazone groups is 1. The number of nitrogens with one attached hydrogen (secondary N) is 1. The first kappa shape index (κ1) is 11.8. The predicted molar refractivity (Wildman–Crippen MR) is 60.9 cm³/mol. The number of alkyl halides is 1. The van der Waals surface area contributed by atoms with E-state index in [1.165, 1.54) is 0 Å². The van der Waals surface area contributed by atoms with E-state index in [-0.39, 0.29) is 0 Å². The van der Waals surface area contributed by atoms with Gasteiger partial charge in [-0.3, -0.25) is 4.79 Å². The maximum absolute atomic E-state index is 11.4. The second-order valence-corrected chi connectivity index (χ2v) is 3.51. The molecule has 0 spiro atoms. The summed E-state index contributed by atoms with van der Waals surface area (Å²) in [6.45, 7) is 0. The number of hydrogen-bond acceptors (Lipinski definition) is 3. The van der Waals surface area contributed by atoms with Gasteiger partial charge >= 0.3 is 0 Å². The summed E-state index contributed by atoms with van der Waals surface area (Å²) < 4.78 is 0. The number of rotatable bonds is 3. The molecule has 1 unspecified atom stereocenters. The van der Waals surface area contributed by atoms with Gasteiger partial charge in [-0.1, -0.05) is 29.8 Å². The Balaban J connectivity index is 2.80. The third-order valence-corrected chi connectivity index (χ3v) is 2.47. The minimum atomic E-state index is -0.864. The Hall–Kier alpha value is -1.26. The molecule has 0 aliphatic rings. The van der Waals surface area contributed by atoms with E-state index in [4.69, 9.17) is 29.0 Å². The van der Waals surface area contributed by atoms with Gasteiger partial charge in [0.15, 0.2) is 0 Å². The van der Waals surface area contributed by atoms with Gasteiger partial charge in [0.2, 0.25) is 5.91 Å². The standard InChI is InChI=1S/C9H9Cl2N3O/c10-7-4-2-1-3-6(7)8(11)9(15)13-5-14-12/h1-5,8H,12H2,(H,13,14,15). The summed E-state index contributed by atoms with van der Waals surface area (Å²) in [5.41, 5.74) is 0.545. The largest absolute Gasteiger partial charge is 0.322 e. The van der Waals surface area contributed by atoms with Crippen LogP contribution in [0.15, 0.2) is 29.4 Å². The van der Waals surface area contributed by atoms with Gasteiger partial charge < -0.3 is 11.2 Å². The van der Waals surface area contributed by atoms with Crippen LogP contribution in [0.3, 0.4) is 0 Å². The van der Waals surface area contributed by atoms with Crippen LogP contribution < -0.4 is 11.2 Å². The molecule has 0 heterocycles. The van der Waals surface area contributed by atoms with Crippen LogP contribution in [-0.4, -0.2) is 12.2 Å². The van der Waals surface area contributed by atoms with Crippen LogP contribution >= 0.6 is 23.2 Å². The number of carbonyl (C=O) groups excluding carboxylic acids is 1. The van der Waals surface area contributed by atoms with Crippen LogP contribution in [0, 0.1) is 0 Å². The SMILES string of the molecule is NN=CNC(=O)C(Cl)c1ccccc1Cl. The van der Waals surface area contributed by atoms with Gasteiger partial charge in [-0.05, 0) is 11.6 Å². The lowest BCUT2D eigenvalue weighted by Crippen LogP contribution is -2.26. The number of carbonyl (C=O) groups is 1. The molecule has 1 amide bonds. The molecule has 4 nitrogen and oxygen atoms in total. The highest BCUT2D eigenvalue weighted by Gasteiger charge is 2.18. The summed E-state index contributed by atoms with van der Waals surface area (Å²) >= 11 is 11.8. The highest BCUT2D eigenvalue weighted by atomic mass is 35.5. The van der Waals surface area contributed by atoms with Crippen LogP contribution in [-0.2, 0) is 4.79 Å². The quantitative estimate of drug-likeness (QED) is 0.280. The van der Waals surface area contributed by atoms with E-state index in [1.54, 1.807) is 24.3 Å². The topological polar surface area (TPSA) is 67.5 Å². The fourth-order valence-corrected chi connectivity index (χ4v) is 1.55. The molecule has 1 rings (SSSR count). The lowest BCUT2D eigenvalue weighted by molar-refractivity contribution is -0.119. The fourth-order valence-electron chi connectivity index (χ4n) is 0.996. The van der Waals surface area contributed by atoms with Crippen LogP contribution in [0.4, 0.5) is 0 Å². The third-order valence-electron chi connectivity index (χ3n) is 1.69. The summed E-state index contributed by atoms with van der Waals surface area (Å²) in [6, 6.07) is 6.85. The molecule has 1 aromatic rings. The zero-order valence-electron chi connectivity index (χ0n) is 7.65. The second kappa shape index (κ2) is 5.58. The Morgan fingerprint density at radius 1 is 1.53 bits per heavy atom. The van der Waals surface area contributed by atoms with E-state index < -0.39 is 11.3 Å². The van der Waals surface area contributed by atoms with Crippen molar-refractivity contribution in [3.8, 4) is 0 Å². The molecule has 80 valence electrons. The molecule has 3 N–H and O–H groups in total. The molecule has 0 fully saturated rings. The number of amides is 1. The Kier molecular flexibility index (Phi) is 4.39. The highest BCUT2D eigenvalue weighted by molar-refractivity contribution is 6.36. The first-order valence-corrected chi connectivity index (χ1v) is 4.89. The minimum absolute atomic E-state index is 0.432. The molecular formula is C9H9Cl2N3O. The molecule has 0 saturated carbocycles. The normalized spacial score (nSPS) is 12.7. The first-order chi connectivity index (χ1) is 7.16. The summed E-state index contributed by atoms with van der Waals surface area (Å²) in [5, 5.41) is 5.02. The Morgan fingerprint density at radius 3 is 2.80 bits per heavy atom. The summed E-state index contributed by atoms with van der Waals surface area (Å²) in [6.07, 6.45) is 1.06. The van der Waals surface area contributed by atoms with E-state index >= 15 is 0 Å². The molecule has 15 heavy (non-hydrogen) atoms. The Labute approximate surface area is 97.0 Å². The van der Waals surface area contributed by atoms with Crippen LogP contribution in [0.25, 0.3) is 0 Å². The zero-order chi connectivity index (χ0) is 11.3. The highest BCUT2D eigenvalue weighted by Crippen LogP contribution is 2.27. The van der Waals surface area contributed by atoms with E-state index in [9.17, 15) is 4.79 Å². The summed E-state index contributed by atoms with van der Waals surface area (Å²) in [7, 11) is 0. The molecule has 1 atom stereocenters. The van der Waals surface area contributed by atoms with Gasteiger partial charge in [0.1, 0.15) is 11.7 Å². The van der Waals surface area contributed by atoms with Crippen molar-refractivity contribution in [1.82, 2.24) is 5.32 Å². The second-order valence-electron chi connectivity index (χ2n) is 2.67. The Morgan fingerprint density at radius 2 is 2.20 bits per heavy atom. The van der Waals surface area contributed by atoms with Gasteiger partial charge in [-0.15, -0.1) is 11.6 Å². The number of nitrogens with zero attached hydrogens (tertiary/aromatic N) is 1. The van der Waals surface area contributed by atoms with Crippen molar-refractivity contribution < 1.29 is 4.79 Å². The van der Waals surface area contributed by atoms with Crippen LogP contribution in [0.5, 0.6) is 0 Å². The van der Waals surface area contributed by atoms with Crippen molar-refractivity contribution in [2.45, 2.75) is 5.38 Å². The average Bonchev–Trinajstić information content (AvgIpc) is 2.25. The van der Waals surface area contributed by atoms with Crippen molar-refractivity contribution in [1.29, 1.82) is 0 Å². The third kappa shape index (κ3) is 3.11. The van der Waals surface area contributed by atoms with Gasteiger partial charge in [0.05, 0.1) is 0 Å². The average molecular weight is 246 g/mol. The van der Waals surface area contributed by atoms with E-state index in [2.05, 4.69) is 10.4 Å². The smallest absolute Gasteiger partial charge is 0.247 e. The molecule has 0 saturated heterocycles. The lowest BCUT2D eigenvalue weighted by Gasteiger charge is -2.09. The summed E-state index contributed by atoms with van der Waals surface area (Å²) in [4.78, 5) is 11.4. The lowest BCUT2D eigenvalue weighted by atomic mass is 10.1. The van der Waals surface area contributed by atoms with Crippen LogP contribution in [0.1, 0.15) is 10.9 Å². The van der Waals surface area contributed by atoms with Gasteiger partial charge in [-0.25, -0.2) is 0 Å². The van der Waals surface area contributed by atoms with Gasteiger partial charge in [-0.2, -0.15) is 5.10 Å². The molecule has 0 aliphatic carbocycles. The Bertz CT molecular complexity index is 381. The van der Waals surface area contributed by atoms with Crippen molar-refractivity contribution in [3.63, 3.8) is 0 Å². The van der Waals surface area contributed by atoms with E-state index in [1.807, 2.05) is 0 Å². The predicted octanol–water partition coefficient (Wildman–Crippen LogP) is 1.64. The van der Waals surface area contributed by atoms with Crippen LogP contribution in [0.2, 0.25) is 5.02 Å². The summed E-state index contributed by atoms with van der Waals surface area (Å²) in [5.74, 6) is 4.40. The van der Waals surface area contributed by atoms with Gasteiger partial charge in [0.25, 0.3) is 0 Å². The number of nitrogens with two attached hydrogens (primary N) is 1. The fraction of sp³-hybridized carbons (Fsp3) is 0.111. The molecule has 0 aliphatic heterocycles. The number of hydrogen-bond donors (Lipinski definition) is 2. The number of benzene rings is 1. The maximum atomic E-state index is 11.4. The van der Waals surface area contributed by atoms with E-state index in [0.717, 1.165) is 6.34 Å². The number of halogens is 2. The van der Waals surface area contributed by atoms with E-state index in [0.29, 0.717) is 10.6 Å². The molecule has 0 bridgehead atoms. The maximum Gasteiger partial charge on any atom is 0.247 e. The zero-order valence-corrected chi connectivity index (χ0v) is 9.16. The molecular weight excluding hydrogens is 237 g/mol. The van der Waals surface area contributed by atoms with Crippen molar-refractivity contribution >= 4 is 35.4 Å². The molecule has 0 aromatic heterocycles. The molecule has 0 radical (unpaired) electrons. The first-order valence-electron chi connectivity index (χ1n) is 4.07. The monoisotopic (exact) mass is 245 g/mol. The molecule has 1 aromatic carbocycles. The van der Waals surface area contributed by atoms with Gasteiger partial charge in [0, 0.05) is 5.02 Å². The van der Waals surface area contributed by atoms with Crippen molar-refractivity contribution in [2.24, 2.45) is 10.9 Å². The minimum Gasteiger partial charge on any atom is -0.322 e.